The standard InChI is InChI=1S/C23H13ClFNO5/c24-13-3-8-16-12(10-13)11-18(31-16)21(27)19-20(17-2-1-9-30-17)26(23(29)22(19)28)15-6-4-14(25)5-7-15/h1-11,20,28H. The van der Waals surface area contributed by atoms with Crippen molar-refractivity contribution in [3.05, 3.63) is 101 Å². The van der Waals surface area contributed by atoms with Gasteiger partial charge < -0.3 is 13.9 Å². The monoisotopic (exact) mass is 437 g/mol. The summed E-state index contributed by atoms with van der Waals surface area (Å²) >= 11 is 6.00. The Bertz CT molecular complexity index is 1350. The molecule has 0 fully saturated rings. The van der Waals surface area contributed by atoms with Crippen molar-refractivity contribution in [2.24, 2.45) is 0 Å². The second-order valence-corrected chi connectivity index (χ2v) is 7.39. The molecule has 31 heavy (non-hydrogen) atoms. The molecule has 0 spiro atoms. The molecule has 0 radical (unpaired) electrons. The first kappa shape index (κ1) is 19.1. The van der Waals surface area contributed by atoms with Gasteiger partial charge in [-0.05, 0) is 60.7 Å². The van der Waals surface area contributed by atoms with Crippen LogP contribution in [0.25, 0.3) is 11.0 Å². The Morgan fingerprint density at radius 3 is 2.58 bits per heavy atom. The summed E-state index contributed by atoms with van der Waals surface area (Å²) in [6.07, 6.45) is 1.39. The van der Waals surface area contributed by atoms with Crippen molar-refractivity contribution in [3.63, 3.8) is 0 Å². The number of aliphatic hydroxyl groups is 1. The number of ketones is 1. The van der Waals surface area contributed by atoms with Gasteiger partial charge in [-0.2, -0.15) is 0 Å². The summed E-state index contributed by atoms with van der Waals surface area (Å²) in [6, 6.07) is 13.6. The van der Waals surface area contributed by atoms with E-state index in [4.69, 9.17) is 20.4 Å². The Hall–Kier alpha value is -3.84. The van der Waals surface area contributed by atoms with Gasteiger partial charge in [0.05, 0.1) is 11.8 Å². The number of hydrogen-bond acceptors (Lipinski definition) is 5. The maximum absolute atomic E-state index is 13.4. The largest absolute Gasteiger partial charge is 0.503 e. The lowest BCUT2D eigenvalue weighted by molar-refractivity contribution is -0.117. The summed E-state index contributed by atoms with van der Waals surface area (Å²) in [6.45, 7) is 0. The van der Waals surface area contributed by atoms with Crippen molar-refractivity contribution in [2.75, 3.05) is 4.90 Å². The van der Waals surface area contributed by atoms with Crippen LogP contribution in [0.2, 0.25) is 5.02 Å². The summed E-state index contributed by atoms with van der Waals surface area (Å²) in [5.74, 6) is -2.51. The van der Waals surface area contributed by atoms with Gasteiger partial charge in [-0.3, -0.25) is 14.5 Å². The van der Waals surface area contributed by atoms with Crippen LogP contribution in [0.5, 0.6) is 0 Å². The van der Waals surface area contributed by atoms with Crippen molar-refractivity contribution in [2.45, 2.75) is 6.04 Å². The quantitative estimate of drug-likeness (QED) is 0.420. The molecule has 1 unspecified atom stereocenters. The molecule has 8 heteroatoms. The minimum Gasteiger partial charge on any atom is -0.503 e. The maximum Gasteiger partial charge on any atom is 0.294 e. The van der Waals surface area contributed by atoms with Gasteiger partial charge >= 0.3 is 0 Å². The maximum atomic E-state index is 13.4. The summed E-state index contributed by atoms with van der Waals surface area (Å²) in [7, 11) is 0. The number of hydrogen-bond donors (Lipinski definition) is 1. The van der Waals surface area contributed by atoms with E-state index in [2.05, 4.69) is 0 Å². The van der Waals surface area contributed by atoms with Gasteiger partial charge in [0.15, 0.2) is 11.5 Å². The number of anilines is 1. The van der Waals surface area contributed by atoms with E-state index in [0.29, 0.717) is 21.7 Å². The highest BCUT2D eigenvalue weighted by Gasteiger charge is 2.46. The van der Waals surface area contributed by atoms with Crippen molar-refractivity contribution in [1.29, 1.82) is 0 Å². The first-order valence-corrected chi connectivity index (χ1v) is 9.61. The molecule has 5 rings (SSSR count). The van der Waals surface area contributed by atoms with Crippen molar-refractivity contribution in [1.82, 2.24) is 0 Å². The highest BCUT2D eigenvalue weighted by atomic mass is 35.5. The zero-order valence-electron chi connectivity index (χ0n) is 15.7. The molecule has 0 saturated carbocycles. The number of carbonyl (C=O) groups excluding carboxylic acids is 2. The SMILES string of the molecule is O=C(C1=C(O)C(=O)N(c2ccc(F)cc2)C1c1ccco1)c1cc2cc(Cl)ccc2o1. The van der Waals surface area contributed by atoms with E-state index in [1.165, 1.54) is 41.5 Å². The predicted octanol–water partition coefficient (Wildman–Crippen LogP) is 5.60. The average Bonchev–Trinajstić information content (AvgIpc) is 3.47. The summed E-state index contributed by atoms with van der Waals surface area (Å²) in [5, 5.41) is 11.7. The number of carbonyl (C=O) groups is 2. The number of nitrogens with zero attached hydrogens (tertiary/aromatic N) is 1. The molecule has 1 aliphatic rings. The van der Waals surface area contributed by atoms with E-state index in [1.807, 2.05) is 0 Å². The Balaban J connectivity index is 1.63. The van der Waals surface area contributed by atoms with Crippen LogP contribution in [0.1, 0.15) is 22.4 Å². The van der Waals surface area contributed by atoms with Crippen molar-refractivity contribution >= 4 is 39.9 Å². The highest BCUT2D eigenvalue weighted by Crippen LogP contribution is 2.42. The molecular weight excluding hydrogens is 425 g/mol. The van der Waals surface area contributed by atoms with Crippen LogP contribution in [0.4, 0.5) is 10.1 Å². The van der Waals surface area contributed by atoms with E-state index in [-0.39, 0.29) is 17.1 Å². The molecular formula is C23H13ClFNO5. The van der Waals surface area contributed by atoms with Gasteiger partial charge in [0, 0.05) is 16.1 Å². The lowest BCUT2D eigenvalue weighted by Gasteiger charge is -2.24. The van der Waals surface area contributed by atoms with E-state index >= 15 is 0 Å². The number of benzene rings is 2. The molecule has 1 atom stereocenters. The Morgan fingerprint density at radius 2 is 1.87 bits per heavy atom. The average molecular weight is 438 g/mol. The highest BCUT2D eigenvalue weighted by molar-refractivity contribution is 6.31. The fourth-order valence-corrected chi connectivity index (χ4v) is 3.86. The van der Waals surface area contributed by atoms with Crippen molar-refractivity contribution in [3.8, 4) is 0 Å². The van der Waals surface area contributed by atoms with Gasteiger partial charge in [0.2, 0.25) is 5.78 Å². The molecule has 6 nitrogen and oxygen atoms in total. The topological polar surface area (TPSA) is 83.9 Å². The second kappa shape index (κ2) is 7.14. The number of furan rings is 2. The van der Waals surface area contributed by atoms with Crippen LogP contribution in [-0.4, -0.2) is 16.8 Å². The molecule has 1 aliphatic heterocycles. The molecule has 0 aliphatic carbocycles. The summed E-state index contributed by atoms with van der Waals surface area (Å²) < 4.78 is 24.5. The number of fused-ring (bicyclic) bond motifs is 1. The number of amides is 1. The molecule has 0 saturated heterocycles. The van der Waals surface area contributed by atoms with Gasteiger partial charge in [-0.15, -0.1) is 0 Å². The zero-order chi connectivity index (χ0) is 21.7. The first-order valence-electron chi connectivity index (χ1n) is 9.23. The van der Waals surface area contributed by atoms with Gasteiger partial charge in [-0.1, -0.05) is 11.6 Å². The molecule has 3 heterocycles. The smallest absolute Gasteiger partial charge is 0.294 e. The number of aliphatic hydroxyl groups excluding tert-OH is 1. The minimum atomic E-state index is -1.06. The van der Waals surface area contributed by atoms with Crippen LogP contribution >= 0.6 is 11.6 Å². The van der Waals surface area contributed by atoms with Gasteiger partial charge in [0.25, 0.3) is 5.91 Å². The third-order valence-corrected chi connectivity index (χ3v) is 5.31. The summed E-state index contributed by atoms with van der Waals surface area (Å²) in [4.78, 5) is 27.5. The molecule has 2 aromatic carbocycles. The minimum absolute atomic E-state index is 0.0656. The van der Waals surface area contributed by atoms with Crippen molar-refractivity contribution < 1.29 is 27.9 Å². The number of Topliss-reactive ketones (excluding diaryl/α,β-unsaturated/α-hetero) is 1. The summed E-state index contributed by atoms with van der Waals surface area (Å²) in [5.41, 5.74) is 0.523. The Labute approximate surface area is 179 Å². The Morgan fingerprint density at radius 1 is 1.10 bits per heavy atom. The van der Waals surface area contributed by atoms with Crippen LogP contribution in [0.3, 0.4) is 0 Å². The van der Waals surface area contributed by atoms with E-state index in [1.54, 1.807) is 30.3 Å². The van der Waals surface area contributed by atoms with Gasteiger partial charge in [0.1, 0.15) is 23.2 Å². The molecule has 4 aromatic rings. The molecule has 0 bridgehead atoms. The predicted molar refractivity (Wildman–Crippen MR) is 111 cm³/mol. The molecule has 1 N–H and O–H groups in total. The Kier molecular flexibility index (Phi) is 4.41. The second-order valence-electron chi connectivity index (χ2n) is 6.95. The van der Waals surface area contributed by atoms with Crippen LogP contribution in [0.15, 0.2) is 87.1 Å². The van der Waals surface area contributed by atoms with Crippen LogP contribution in [-0.2, 0) is 4.79 Å². The lowest BCUT2D eigenvalue weighted by Crippen LogP contribution is -2.30. The lowest BCUT2D eigenvalue weighted by atomic mass is 9.99. The molecule has 2 aromatic heterocycles. The normalized spacial score (nSPS) is 16.5. The van der Waals surface area contributed by atoms with E-state index in [0.717, 1.165) is 0 Å². The fourth-order valence-electron chi connectivity index (χ4n) is 3.68. The third kappa shape index (κ3) is 3.10. The number of halogens is 2. The first-order chi connectivity index (χ1) is 14.9. The van der Waals surface area contributed by atoms with Gasteiger partial charge in [-0.25, -0.2) is 4.39 Å². The molecule has 154 valence electrons. The van der Waals surface area contributed by atoms with E-state index in [9.17, 15) is 19.1 Å². The van der Waals surface area contributed by atoms with Crippen LogP contribution in [0, 0.1) is 5.82 Å². The zero-order valence-corrected chi connectivity index (χ0v) is 16.5. The van der Waals surface area contributed by atoms with E-state index < -0.39 is 29.3 Å². The third-order valence-electron chi connectivity index (χ3n) is 5.07. The number of rotatable bonds is 4. The van der Waals surface area contributed by atoms with Crippen LogP contribution < -0.4 is 4.90 Å². The molecule has 1 amide bonds. The fraction of sp³-hybridized carbons (Fsp3) is 0.0435.